The zero-order chi connectivity index (χ0) is 37.5. The first kappa shape index (κ1) is 37.4. The van der Waals surface area contributed by atoms with Crippen LogP contribution in [0.15, 0.2) is 40.3 Å². The van der Waals surface area contributed by atoms with Gasteiger partial charge in [0, 0.05) is 42.7 Å². The number of hydrogen-bond donors (Lipinski definition) is 8. The molecule has 8 N–H and O–H groups in total. The molecule has 1 amide bonds. The molecule has 1 fully saturated rings. The topological polar surface area (TPSA) is 242 Å². The molecule has 6 rings (SSSR count). The number of carboxylic acids is 1. The summed E-state index contributed by atoms with van der Waals surface area (Å²) in [5.41, 5.74) is 0.706. The Morgan fingerprint density at radius 3 is 2.56 bits per heavy atom. The maximum atomic E-state index is 14.4. The number of aromatic hydroxyl groups is 2. The number of carboxylic acid groups (broad SMARTS) is 1. The second kappa shape index (κ2) is 14.6. The third-order valence-electron chi connectivity index (χ3n) is 10.3. The highest BCUT2D eigenvalue weighted by Gasteiger charge is 2.59. The summed E-state index contributed by atoms with van der Waals surface area (Å²) in [6, 6.07) is 6.07. The number of carbonyl (C=O) groups is 2. The lowest BCUT2D eigenvalue weighted by atomic mass is 9.85. The van der Waals surface area contributed by atoms with Crippen molar-refractivity contribution < 1.29 is 59.9 Å². The number of amides is 1. The number of carbonyl (C=O) groups excluding carboxylic acids is 1. The molecule has 0 aromatic heterocycles. The van der Waals surface area contributed by atoms with E-state index < -0.39 is 66.1 Å². The van der Waals surface area contributed by atoms with E-state index in [1.165, 1.54) is 29.2 Å². The van der Waals surface area contributed by atoms with Gasteiger partial charge < -0.3 is 50.3 Å². The minimum atomic E-state index is -1.99. The van der Waals surface area contributed by atoms with E-state index in [1.54, 1.807) is 18.3 Å². The summed E-state index contributed by atoms with van der Waals surface area (Å²) in [4.78, 5) is 37.3. The number of hydrogen-bond acceptors (Lipinski definition) is 13. The van der Waals surface area contributed by atoms with Crippen LogP contribution >= 0.6 is 0 Å². The molecule has 7 atom stereocenters. The summed E-state index contributed by atoms with van der Waals surface area (Å²) in [6.07, 6.45) is -2.69. The van der Waals surface area contributed by atoms with Gasteiger partial charge in [0.2, 0.25) is 5.79 Å². The third-order valence-corrected chi connectivity index (χ3v) is 10.3. The van der Waals surface area contributed by atoms with E-state index in [9.17, 15) is 50.4 Å². The van der Waals surface area contributed by atoms with Crippen molar-refractivity contribution in [2.24, 2.45) is 15.9 Å². The van der Waals surface area contributed by atoms with E-state index in [0.717, 1.165) is 0 Å². The summed E-state index contributed by atoms with van der Waals surface area (Å²) in [5, 5.41) is 85.1. The van der Waals surface area contributed by atoms with Crippen LogP contribution < -0.4 is 9.64 Å². The zero-order valence-electron chi connectivity index (χ0n) is 28.9. The van der Waals surface area contributed by atoms with Crippen LogP contribution in [0.4, 0.5) is 5.69 Å². The van der Waals surface area contributed by atoms with E-state index in [-0.39, 0.29) is 60.8 Å². The van der Waals surface area contributed by atoms with Crippen LogP contribution in [-0.4, -0.2) is 120 Å². The maximum absolute atomic E-state index is 14.4. The van der Waals surface area contributed by atoms with Gasteiger partial charge in [-0.05, 0) is 67.0 Å². The maximum Gasteiger partial charge on any atom is 0.330 e. The Morgan fingerprint density at radius 2 is 1.88 bits per heavy atom. The second-order valence-electron chi connectivity index (χ2n) is 14.4. The highest BCUT2D eigenvalue weighted by atomic mass is 16.7. The van der Waals surface area contributed by atoms with E-state index in [1.807, 2.05) is 13.8 Å². The highest BCUT2D eigenvalue weighted by molar-refractivity contribution is 6.32. The summed E-state index contributed by atoms with van der Waals surface area (Å²) >= 11 is 0. The van der Waals surface area contributed by atoms with Crippen LogP contribution in [0.1, 0.15) is 61.8 Å². The van der Waals surface area contributed by atoms with Crippen molar-refractivity contribution in [3.05, 3.63) is 52.6 Å². The number of aliphatic hydroxyl groups is 5. The number of benzene rings is 2. The normalized spacial score (nSPS) is 28.6. The number of fused-ring (bicyclic) bond motifs is 3. The molecule has 15 nitrogen and oxygen atoms in total. The van der Waals surface area contributed by atoms with Gasteiger partial charge in [0.1, 0.15) is 42.4 Å². The summed E-state index contributed by atoms with van der Waals surface area (Å²) in [5.74, 6) is -4.48. The van der Waals surface area contributed by atoms with Crippen molar-refractivity contribution >= 4 is 35.6 Å². The van der Waals surface area contributed by atoms with Crippen LogP contribution in [0.3, 0.4) is 0 Å². The minimum Gasteiger partial charge on any atom is -0.508 e. The largest absolute Gasteiger partial charge is 0.508 e. The Balaban J connectivity index is 1.40. The first-order valence-electron chi connectivity index (χ1n) is 17.4. The van der Waals surface area contributed by atoms with Gasteiger partial charge in [-0.25, -0.2) is 4.79 Å². The molecule has 0 bridgehead atoms. The molecule has 2 aromatic rings. The fourth-order valence-electron chi connectivity index (χ4n) is 7.72. The molecule has 1 saturated heterocycles. The average Bonchev–Trinajstić information content (AvgIpc) is 3.74. The van der Waals surface area contributed by atoms with Crippen molar-refractivity contribution in [1.29, 1.82) is 0 Å². The molecule has 15 heteroatoms. The van der Waals surface area contributed by atoms with Gasteiger partial charge in [0.05, 0.1) is 24.1 Å². The number of phenols is 2. The van der Waals surface area contributed by atoms with Crippen molar-refractivity contribution in [3.8, 4) is 17.2 Å². The Hall–Kier alpha value is -4.38. The Morgan fingerprint density at radius 1 is 1.12 bits per heavy atom. The number of aliphatic carboxylic acids is 1. The summed E-state index contributed by atoms with van der Waals surface area (Å²) in [7, 11) is 0. The van der Waals surface area contributed by atoms with Gasteiger partial charge in [-0.2, -0.15) is 0 Å². The van der Waals surface area contributed by atoms with Gasteiger partial charge in [-0.3, -0.25) is 19.7 Å². The molecule has 0 unspecified atom stereocenters. The molecule has 1 spiro atoms. The second-order valence-corrected chi connectivity index (χ2v) is 14.4. The van der Waals surface area contributed by atoms with Crippen LogP contribution in [0.2, 0.25) is 0 Å². The molecule has 280 valence electrons. The van der Waals surface area contributed by atoms with E-state index in [2.05, 4.69) is 9.98 Å². The zero-order valence-corrected chi connectivity index (χ0v) is 28.9. The molecular weight excluding hydrogens is 678 g/mol. The summed E-state index contributed by atoms with van der Waals surface area (Å²) in [6.45, 7) is 3.48. The lowest BCUT2D eigenvalue weighted by molar-refractivity contribution is -0.342. The van der Waals surface area contributed by atoms with Crippen molar-refractivity contribution in [2.75, 3.05) is 18.2 Å². The number of anilines is 1. The quantitative estimate of drug-likeness (QED) is 0.153. The first-order chi connectivity index (χ1) is 24.7. The molecule has 2 aromatic carbocycles. The number of nitrogens with zero attached hydrogens (tertiary/aromatic N) is 3. The van der Waals surface area contributed by atoms with Gasteiger partial charge in [-0.1, -0.05) is 19.9 Å². The van der Waals surface area contributed by atoms with Crippen molar-refractivity contribution in [2.45, 2.75) is 101 Å². The average molecular weight is 724 g/mol. The molecule has 0 radical (unpaired) electrons. The Labute approximate surface area is 299 Å². The lowest BCUT2D eigenvalue weighted by Gasteiger charge is -2.50. The number of rotatable bonds is 11. The first-order valence-corrected chi connectivity index (χ1v) is 17.4. The van der Waals surface area contributed by atoms with E-state index >= 15 is 0 Å². The van der Waals surface area contributed by atoms with Crippen LogP contribution in [0.5, 0.6) is 17.2 Å². The molecule has 52 heavy (non-hydrogen) atoms. The fourth-order valence-corrected chi connectivity index (χ4v) is 7.72. The van der Waals surface area contributed by atoms with Crippen molar-refractivity contribution in [1.82, 2.24) is 0 Å². The van der Waals surface area contributed by atoms with Crippen LogP contribution in [0.25, 0.3) is 6.08 Å². The monoisotopic (exact) mass is 723 g/mol. The lowest BCUT2D eigenvalue weighted by Crippen LogP contribution is -2.68. The van der Waals surface area contributed by atoms with Gasteiger partial charge in [0.25, 0.3) is 5.91 Å². The number of phenolic OH excluding ortho intramolecular Hbond substituents is 2. The fraction of sp³-hybridized carbons (Fsp3) is 0.514. The summed E-state index contributed by atoms with van der Waals surface area (Å²) < 4.78 is 11.9. The van der Waals surface area contributed by atoms with E-state index in [0.29, 0.717) is 41.9 Å². The highest BCUT2D eigenvalue weighted by Crippen LogP contribution is 2.54. The Kier molecular flexibility index (Phi) is 10.5. The minimum absolute atomic E-state index is 0.0300. The molecule has 4 heterocycles. The number of ether oxygens (including phenoxy) is 2. The molecule has 0 saturated carbocycles. The Bertz CT molecular complexity index is 1810. The third kappa shape index (κ3) is 6.79. The SMILES string of the molecule is CC(C)C[C@H](O)CC[C@@]1(C(=O)O)Cc2cc(O)c3c(c2N1C(=O)C=Cc1ccc(O)c(CC2=NCN=C2)c1)CC[C@@]1(O3)O[C@H](CO)[C@@H](O)[C@H](O)[C@H]1O. The van der Waals surface area contributed by atoms with E-state index in [4.69, 9.17) is 9.47 Å². The van der Waals surface area contributed by atoms with Gasteiger partial charge >= 0.3 is 5.97 Å². The molecular formula is C37H45N3O12. The predicted molar refractivity (Wildman–Crippen MR) is 188 cm³/mol. The van der Waals surface area contributed by atoms with Crippen molar-refractivity contribution in [3.63, 3.8) is 0 Å². The van der Waals surface area contributed by atoms with Crippen LogP contribution in [0, 0.1) is 5.92 Å². The van der Waals surface area contributed by atoms with Gasteiger partial charge in [-0.15, -0.1) is 0 Å². The molecule has 0 aliphatic carbocycles. The molecule has 4 aliphatic heterocycles. The molecule has 4 aliphatic rings. The smallest absolute Gasteiger partial charge is 0.330 e. The predicted octanol–water partition coefficient (Wildman–Crippen LogP) is 1.23. The van der Waals surface area contributed by atoms with Crippen LogP contribution in [-0.2, 0) is 33.6 Å². The standard InChI is InChI=1S/C37H45N3O12/c1-19(2)11-24(42)7-9-36(35(49)50)15-22-14-27(44)33-25(8-10-37(52-33)34(48)32(47)31(46)28(17-41)51-37)30(22)40(36)29(45)6-4-20-3-5-26(43)21(12-20)13-23-16-38-18-39-23/h3-6,12,14,16,19,24,28,31-32,34,41-44,46-48H,7-11,13,15,17-18H2,1-2H3,(H,49,50)/t24-,28-,31-,32+,34-,36+,37+/m1/s1. The number of aliphatic hydroxyl groups excluding tert-OH is 5. The number of aliphatic imine (C=N–C) groups is 2. The van der Waals surface area contributed by atoms with Gasteiger partial charge in [0.15, 0.2) is 11.5 Å².